The Morgan fingerprint density at radius 3 is 2.24 bits per heavy atom. The molecule has 3 aromatic carbocycles. The van der Waals surface area contributed by atoms with E-state index in [1.54, 1.807) is 18.2 Å². The van der Waals surface area contributed by atoms with Crippen LogP contribution in [0.4, 0.5) is 22.0 Å². The quantitative estimate of drug-likeness (QED) is 0.248. The largest absolute Gasteiger partial charge is 0.494 e. The Morgan fingerprint density at radius 2 is 1.50 bits per heavy atom. The van der Waals surface area contributed by atoms with Gasteiger partial charge >= 0.3 is 0 Å². The standard InChI is InChI=1S/C28H25F5O/c1-3-4-5-6-16-9-10-20(26(31)25(16)30)18-8-7-17-14-22(23(29)15-19(17)13-18)21-11-12-24(34-2)28(33)27(21)32/h9-15H,3-8H2,1-2H3. The van der Waals surface area contributed by atoms with Gasteiger partial charge in [-0.15, -0.1) is 0 Å². The lowest BCUT2D eigenvalue weighted by Crippen LogP contribution is -2.05. The molecule has 0 atom stereocenters. The lowest BCUT2D eigenvalue weighted by Gasteiger charge is -2.20. The van der Waals surface area contributed by atoms with Crippen molar-refractivity contribution in [1.29, 1.82) is 0 Å². The third-order valence-corrected chi connectivity index (χ3v) is 6.34. The number of methoxy groups -OCH3 is 1. The number of hydrogen-bond donors (Lipinski definition) is 0. The Morgan fingerprint density at radius 1 is 0.765 bits per heavy atom. The molecule has 1 aliphatic rings. The Balaban J connectivity index is 1.68. The summed E-state index contributed by atoms with van der Waals surface area (Å²) >= 11 is 0. The van der Waals surface area contributed by atoms with Crippen molar-refractivity contribution < 1.29 is 26.7 Å². The number of unbranched alkanes of at least 4 members (excludes halogenated alkanes) is 2. The van der Waals surface area contributed by atoms with Crippen LogP contribution < -0.4 is 4.74 Å². The molecule has 1 aliphatic carbocycles. The first kappa shape index (κ1) is 24.0. The molecule has 4 rings (SSSR count). The van der Waals surface area contributed by atoms with Crippen LogP contribution in [-0.2, 0) is 12.8 Å². The topological polar surface area (TPSA) is 9.23 Å². The van der Waals surface area contributed by atoms with Crippen molar-refractivity contribution in [2.24, 2.45) is 0 Å². The van der Waals surface area contributed by atoms with E-state index in [2.05, 4.69) is 0 Å². The molecule has 0 bridgehead atoms. The smallest absolute Gasteiger partial charge is 0.201 e. The molecule has 0 fully saturated rings. The van der Waals surface area contributed by atoms with Crippen LogP contribution in [0.15, 0.2) is 36.4 Å². The summed E-state index contributed by atoms with van der Waals surface area (Å²) in [6.45, 7) is 2.05. The molecule has 0 unspecified atom stereocenters. The summed E-state index contributed by atoms with van der Waals surface area (Å²) in [6.07, 6.45) is 5.68. The molecular weight excluding hydrogens is 447 g/mol. The summed E-state index contributed by atoms with van der Waals surface area (Å²) in [7, 11) is 1.22. The van der Waals surface area contributed by atoms with Crippen LogP contribution in [-0.4, -0.2) is 7.11 Å². The van der Waals surface area contributed by atoms with Gasteiger partial charge in [-0.05, 0) is 72.2 Å². The number of fused-ring (bicyclic) bond motifs is 1. The van der Waals surface area contributed by atoms with Gasteiger partial charge in [0.2, 0.25) is 5.82 Å². The number of hydrogen-bond acceptors (Lipinski definition) is 1. The lowest BCUT2D eigenvalue weighted by molar-refractivity contribution is 0.372. The van der Waals surface area contributed by atoms with Crippen molar-refractivity contribution >= 4 is 11.6 Å². The normalized spacial score (nSPS) is 13.0. The Bertz CT molecular complexity index is 1260. The second-order valence-corrected chi connectivity index (χ2v) is 8.50. The molecular formula is C28H25F5O. The number of allylic oxidation sites excluding steroid dienone is 1. The molecule has 6 heteroatoms. The van der Waals surface area contributed by atoms with Gasteiger partial charge in [-0.25, -0.2) is 17.6 Å². The second-order valence-electron chi connectivity index (χ2n) is 8.50. The fraction of sp³-hybridized carbons (Fsp3) is 0.286. The average molecular weight is 472 g/mol. The first-order chi connectivity index (χ1) is 16.3. The highest BCUT2D eigenvalue weighted by molar-refractivity contribution is 5.86. The van der Waals surface area contributed by atoms with Crippen molar-refractivity contribution in [1.82, 2.24) is 0 Å². The van der Waals surface area contributed by atoms with Gasteiger partial charge in [0.15, 0.2) is 23.2 Å². The van der Waals surface area contributed by atoms with E-state index < -0.39 is 29.1 Å². The van der Waals surface area contributed by atoms with Crippen LogP contribution in [0, 0.1) is 29.1 Å². The molecule has 0 aliphatic heterocycles. The summed E-state index contributed by atoms with van der Waals surface area (Å²) in [5.74, 6) is -5.11. The minimum absolute atomic E-state index is 0.0664. The maximum Gasteiger partial charge on any atom is 0.201 e. The van der Waals surface area contributed by atoms with E-state index in [9.17, 15) is 22.0 Å². The Hall–Kier alpha value is -3.15. The monoisotopic (exact) mass is 472 g/mol. The molecule has 0 radical (unpaired) electrons. The SMILES string of the molecule is CCCCCc1ccc(C2=Cc3cc(F)c(-c4ccc(OC)c(F)c4F)cc3CC2)c(F)c1F. The van der Waals surface area contributed by atoms with Gasteiger partial charge in [-0.3, -0.25) is 0 Å². The van der Waals surface area contributed by atoms with Gasteiger partial charge in [0.25, 0.3) is 0 Å². The maximum atomic E-state index is 14.9. The van der Waals surface area contributed by atoms with Crippen molar-refractivity contribution in [3.63, 3.8) is 0 Å². The predicted molar refractivity (Wildman–Crippen MR) is 124 cm³/mol. The van der Waals surface area contributed by atoms with E-state index >= 15 is 0 Å². The van der Waals surface area contributed by atoms with E-state index in [1.807, 2.05) is 6.92 Å². The third kappa shape index (κ3) is 4.46. The second kappa shape index (κ2) is 10.00. The van der Waals surface area contributed by atoms with E-state index in [0.717, 1.165) is 19.3 Å². The van der Waals surface area contributed by atoms with Gasteiger partial charge in [0.05, 0.1) is 7.11 Å². The maximum absolute atomic E-state index is 14.9. The van der Waals surface area contributed by atoms with Crippen LogP contribution in [0.3, 0.4) is 0 Å². The van der Waals surface area contributed by atoms with Gasteiger partial charge in [0.1, 0.15) is 5.82 Å². The fourth-order valence-electron chi connectivity index (χ4n) is 4.43. The molecule has 0 amide bonds. The molecule has 178 valence electrons. The van der Waals surface area contributed by atoms with Crippen LogP contribution in [0.5, 0.6) is 5.75 Å². The van der Waals surface area contributed by atoms with Crippen LogP contribution in [0.1, 0.15) is 54.9 Å². The van der Waals surface area contributed by atoms with Crippen molar-refractivity contribution in [2.75, 3.05) is 7.11 Å². The van der Waals surface area contributed by atoms with E-state index in [0.29, 0.717) is 41.5 Å². The molecule has 0 spiro atoms. The highest BCUT2D eigenvalue weighted by Gasteiger charge is 2.23. The number of aryl methyl sites for hydroxylation is 2. The van der Waals surface area contributed by atoms with E-state index in [-0.39, 0.29) is 22.4 Å². The summed E-state index contributed by atoms with van der Waals surface area (Å²) in [5, 5.41) is 0. The van der Waals surface area contributed by atoms with Crippen molar-refractivity contribution in [3.05, 3.63) is 87.7 Å². The van der Waals surface area contributed by atoms with Crippen molar-refractivity contribution in [3.8, 4) is 16.9 Å². The summed E-state index contributed by atoms with van der Waals surface area (Å²) < 4.78 is 77.9. The molecule has 3 aromatic rings. The van der Waals surface area contributed by atoms with Crippen molar-refractivity contribution in [2.45, 2.75) is 45.4 Å². The van der Waals surface area contributed by atoms with E-state index in [4.69, 9.17) is 4.74 Å². The molecule has 1 nitrogen and oxygen atoms in total. The minimum atomic E-state index is -1.19. The van der Waals surface area contributed by atoms with Gasteiger partial charge in [0, 0.05) is 16.7 Å². The zero-order chi connectivity index (χ0) is 24.4. The Kier molecular flexibility index (Phi) is 7.05. The van der Waals surface area contributed by atoms with Crippen LogP contribution in [0.25, 0.3) is 22.8 Å². The first-order valence-corrected chi connectivity index (χ1v) is 11.4. The predicted octanol–water partition coefficient (Wildman–Crippen LogP) is 8.28. The zero-order valence-corrected chi connectivity index (χ0v) is 19.1. The third-order valence-electron chi connectivity index (χ3n) is 6.34. The Labute approximate surface area is 195 Å². The molecule has 0 N–H and O–H groups in total. The highest BCUT2D eigenvalue weighted by Crippen LogP contribution is 2.38. The van der Waals surface area contributed by atoms with Crippen LogP contribution >= 0.6 is 0 Å². The summed E-state index contributed by atoms with van der Waals surface area (Å²) in [6, 6.07) is 8.41. The number of rotatable bonds is 7. The number of benzene rings is 3. The van der Waals surface area contributed by atoms with Gasteiger partial charge < -0.3 is 4.74 Å². The van der Waals surface area contributed by atoms with Gasteiger partial charge in [-0.1, -0.05) is 38.0 Å². The highest BCUT2D eigenvalue weighted by atomic mass is 19.2. The molecule has 0 saturated carbocycles. The van der Waals surface area contributed by atoms with E-state index in [1.165, 1.54) is 31.4 Å². The fourth-order valence-corrected chi connectivity index (χ4v) is 4.43. The molecule has 0 saturated heterocycles. The zero-order valence-electron chi connectivity index (χ0n) is 19.1. The molecule has 34 heavy (non-hydrogen) atoms. The van der Waals surface area contributed by atoms with Crippen LogP contribution in [0.2, 0.25) is 0 Å². The number of ether oxygens (including phenoxy) is 1. The lowest BCUT2D eigenvalue weighted by atomic mass is 9.86. The minimum Gasteiger partial charge on any atom is -0.494 e. The first-order valence-electron chi connectivity index (χ1n) is 11.4. The molecule has 0 aromatic heterocycles. The average Bonchev–Trinajstić information content (AvgIpc) is 2.83. The summed E-state index contributed by atoms with van der Waals surface area (Å²) in [4.78, 5) is 0. The summed E-state index contributed by atoms with van der Waals surface area (Å²) in [5.41, 5.74) is 2.03. The van der Waals surface area contributed by atoms with Gasteiger partial charge in [-0.2, -0.15) is 4.39 Å². The molecule has 0 heterocycles. The number of halogens is 5.